The van der Waals surface area contributed by atoms with E-state index in [1.807, 2.05) is 6.07 Å². The second-order valence-corrected chi connectivity index (χ2v) is 10.8. The van der Waals surface area contributed by atoms with E-state index >= 15 is 0 Å². The van der Waals surface area contributed by atoms with Crippen molar-refractivity contribution in [1.29, 1.82) is 5.26 Å². The minimum atomic E-state index is -3.03. The molecule has 0 spiro atoms. The van der Waals surface area contributed by atoms with Crippen LogP contribution < -0.4 is 5.32 Å². The van der Waals surface area contributed by atoms with Crippen LogP contribution >= 0.6 is 0 Å². The average molecular weight is 601 g/mol. The lowest BCUT2D eigenvalue weighted by Crippen LogP contribution is -2.55. The van der Waals surface area contributed by atoms with E-state index in [9.17, 15) is 44.4 Å². The van der Waals surface area contributed by atoms with Gasteiger partial charge in [0.1, 0.15) is 11.8 Å². The maximum atomic E-state index is 13.2. The fourth-order valence-corrected chi connectivity index (χ4v) is 4.65. The van der Waals surface area contributed by atoms with E-state index in [1.165, 1.54) is 36.8 Å². The number of hydrogen-bond donors (Lipinski definition) is 5. The van der Waals surface area contributed by atoms with E-state index in [1.54, 1.807) is 0 Å². The number of carboxylic acid groups (broad SMARTS) is 3. The number of nitrogens with zero attached hydrogens (tertiary/aromatic N) is 1. The number of nitriles is 1. The van der Waals surface area contributed by atoms with Crippen LogP contribution in [0.2, 0.25) is 0 Å². The topological polar surface area (TPSA) is 202 Å². The van der Waals surface area contributed by atoms with Crippen LogP contribution in [-0.2, 0) is 30.4 Å². The highest BCUT2D eigenvalue weighted by Crippen LogP contribution is 2.26. The van der Waals surface area contributed by atoms with Crippen LogP contribution in [0.15, 0.2) is 36.4 Å². The summed E-state index contributed by atoms with van der Waals surface area (Å²) < 4.78 is 0. The molecule has 236 valence electrons. The number of ketones is 1. The lowest BCUT2D eigenvalue weighted by atomic mass is 9.82. The highest BCUT2D eigenvalue weighted by molar-refractivity contribution is 5.94. The van der Waals surface area contributed by atoms with Gasteiger partial charge in [-0.3, -0.25) is 14.4 Å². The molecular weight excluding hydrogens is 556 g/mol. The number of allylic oxidation sites excluding steroid dienone is 1. The quantitative estimate of drug-likeness (QED) is 0.0884. The Morgan fingerprint density at radius 3 is 2.00 bits per heavy atom. The van der Waals surface area contributed by atoms with Gasteiger partial charge in [0.15, 0.2) is 5.60 Å². The van der Waals surface area contributed by atoms with Gasteiger partial charge < -0.3 is 25.7 Å². The third kappa shape index (κ3) is 14.1. The second-order valence-electron chi connectivity index (χ2n) is 10.8. The highest BCUT2D eigenvalue weighted by atomic mass is 16.4. The Morgan fingerprint density at radius 1 is 0.907 bits per heavy atom. The summed E-state index contributed by atoms with van der Waals surface area (Å²) in [6.07, 6.45) is 11.1. The summed E-state index contributed by atoms with van der Waals surface area (Å²) in [4.78, 5) is 60.4. The molecule has 3 atom stereocenters. The molecule has 0 saturated heterocycles. The first kappa shape index (κ1) is 37.0. The Hall–Kier alpha value is -4.04. The molecule has 0 bridgehead atoms. The molecule has 0 aliphatic rings. The van der Waals surface area contributed by atoms with Gasteiger partial charge in [-0.15, -0.1) is 0 Å². The molecule has 5 N–H and O–H groups in total. The normalized spacial score (nSPS) is 13.9. The maximum Gasteiger partial charge on any atom is 0.337 e. The number of unbranched alkanes of at least 4 members (excludes halogenated alkanes) is 8. The Balaban J connectivity index is 2.80. The number of aliphatic hydroxyl groups is 1. The number of rotatable bonds is 23. The number of carboxylic acids is 3. The van der Waals surface area contributed by atoms with Crippen molar-refractivity contribution in [2.45, 2.75) is 108 Å². The fraction of sp³-hybridized carbons (Fsp3) is 0.562. The van der Waals surface area contributed by atoms with Crippen molar-refractivity contribution < 1.29 is 44.4 Å². The third-order valence-corrected chi connectivity index (χ3v) is 7.19. The van der Waals surface area contributed by atoms with Crippen molar-refractivity contribution in [3.63, 3.8) is 0 Å². The molecule has 1 aromatic carbocycles. The number of amides is 1. The van der Waals surface area contributed by atoms with Crippen molar-refractivity contribution in [2.24, 2.45) is 5.92 Å². The molecule has 11 nitrogen and oxygen atoms in total. The van der Waals surface area contributed by atoms with Gasteiger partial charge >= 0.3 is 17.9 Å². The van der Waals surface area contributed by atoms with E-state index in [-0.39, 0.29) is 12.2 Å². The van der Waals surface area contributed by atoms with E-state index in [0.717, 1.165) is 51.0 Å². The molecule has 0 aliphatic heterocycles. The van der Waals surface area contributed by atoms with E-state index < -0.39 is 47.8 Å². The van der Waals surface area contributed by atoms with Gasteiger partial charge in [-0.05, 0) is 43.4 Å². The highest BCUT2D eigenvalue weighted by Gasteiger charge is 2.49. The van der Waals surface area contributed by atoms with Gasteiger partial charge in [0.25, 0.3) is 0 Å². The van der Waals surface area contributed by atoms with Crippen LogP contribution in [-0.4, -0.2) is 61.7 Å². The molecule has 0 aromatic heterocycles. The Labute approximate surface area is 252 Å². The monoisotopic (exact) mass is 600 g/mol. The molecule has 0 fully saturated rings. The van der Waals surface area contributed by atoms with Crippen LogP contribution in [0.3, 0.4) is 0 Å². The van der Waals surface area contributed by atoms with Gasteiger partial charge in [-0.1, -0.05) is 69.7 Å². The molecule has 1 aromatic rings. The summed E-state index contributed by atoms with van der Waals surface area (Å²) in [5.41, 5.74) is -2.20. The number of carbonyl (C=O) groups is 5. The third-order valence-electron chi connectivity index (χ3n) is 7.19. The zero-order chi connectivity index (χ0) is 32.3. The van der Waals surface area contributed by atoms with Gasteiger partial charge in [0, 0.05) is 19.3 Å². The van der Waals surface area contributed by atoms with Gasteiger partial charge in [0.05, 0.1) is 24.0 Å². The first-order valence-corrected chi connectivity index (χ1v) is 14.8. The first-order chi connectivity index (χ1) is 20.4. The predicted octanol–water partition coefficient (Wildman–Crippen LogP) is 4.40. The molecular formula is C32H44N2O9. The summed E-state index contributed by atoms with van der Waals surface area (Å²) in [5, 5.41) is 50.5. The minimum absolute atomic E-state index is 0.199. The first-order valence-electron chi connectivity index (χ1n) is 14.8. The van der Waals surface area contributed by atoms with E-state index in [0.29, 0.717) is 36.8 Å². The molecule has 11 heteroatoms. The van der Waals surface area contributed by atoms with Gasteiger partial charge in [-0.2, -0.15) is 5.26 Å². The summed E-state index contributed by atoms with van der Waals surface area (Å²) in [7, 11) is 0. The Kier molecular flexibility index (Phi) is 17.2. The molecule has 0 aliphatic carbocycles. The number of nitrogens with one attached hydrogen (secondary N) is 1. The summed E-state index contributed by atoms with van der Waals surface area (Å²) >= 11 is 0. The van der Waals surface area contributed by atoms with Crippen molar-refractivity contribution in [1.82, 2.24) is 5.32 Å². The smallest absolute Gasteiger partial charge is 0.337 e. The molecule has 1 amide bonds. The summed E-state index contributed by atoms with van der Waals surface area (Å²) in [6, 6.07) is 6.40. The molecule has 0 saturated carbocycles. The zero-order valence-corrected chi connectivity index (χ0v) is 24.8. The molecule has 0 heterocycles. The van der Waals surface area contributed by atoms with E-state index in [4.69, 9.17) is 5.26 Å². The van der Waals surface area contributed by atoms with E-state index in [2.05, 4.69) is 12.2 Å². The summed E-state index contributed by atoms with van der Waals surface area (Å²) in [6.45, 7) is 2.14. The van der Waals surface area contributed by atoms with Crippen LogP contribution in [0.25, 0.3) is 0 Å². The summed E-state index contributed by atoms with van der Waals surface area (Å²) in [5.74, 6) is -7.80. The van der Waals surface area contributed by atoms with Gasteiger partial charge in [0.2, 0.25) is 5.91 Å². The van der Waals surface area contributed by atoms with Gasteiger partial charge in [-0.25, -0.2) is 9.59 Å². The van der Waals surface area contributed by atoms with Crippen molar-refractivity contribution in [2.75, 3.05) is 0 Å². The number of carbonyl (C=O) groups excluding carboxylic acids is 2. The average Bonchev–Trinajstić information content (AvgIpc) is 2.95. The maximum absolute atomic E-state index is 13.2. The van der Waals surface area contributed by atoms with Crippen LogP contribution in [0, 0.1) is 17.2 Å². The fourth-order valence-electron chi connectivity index (χ4n) is 4.65. The van der Waals surface area contributed by atoms with Crippen molar-refractivity contribution in [3.8, 4) is 6.07 Å². The minimum Gasteiger partial charge on any atom is -0.481 e. The standard InChI is InChI=1S/C32H44N2O9/c1-2-3-4-7-10-13-25(35)14-11-8-5-6-9-12-15-26(32(43,31(41)42)21-28(36)37)29(38)34-27(30(39)40)20-23-16-18-24(22-33)19-17-23/h12,15-19,26-27,43H,2-11,13-14,20-21H2,1H3,(H,34,38)(H,36,37)(H,39,40)(H,41,42)/b15-12+. The molecule has 0 radical (unpaired) electrons. The molecule has 43 heavy (non-hydrogen) atoms. The number of hydrogen-bond acceptors (Lipinski definition) is 7. The Morgan fingerprint density at radius 2 is 1.49 bits per heavy atom. The van der Waals surface area contributed by atoms with Crippen molar-refractivity contribution >= 4 is 29.6 Å². The SMILES string of the molecule is CCCCCCCC(=O)CCCCCC/C=C/C(C(=O)NC(Cc1ccc(C#N)cc1)C(=O)O)C(O)(CC(=O)O)C(=O)O. The lowest BCUT2D eigenvalue weighted by molar-refractivity contribution is -0.172. The Bertz CT molecular complexity index is 1140. The molecule has 3 unspecified atom stereocenters. The van der Waals surface area contributed by atoms with Crippen LogP contribution in [0.5, 0.6) is 0 Å². The van der Waals surface area contributed by atoms with Crippen LogP contribution in [0.4, 0.5) is 0 Å². The molecule has 1 rings (SSSR count). The number of benzene rings is 1. The number of Topliss-reactive ketones (excluding diaryl/α,β-unsaturated/α-hetero) is 1. The number of aliphatic carboxylic acids is 3. The van der Waals surface area contributed by atoms with Crippen LogP contribution in [0.1, 0.15) is 102 Å². The lowest BCUT2D eigenvalue weighted by Gasteiger charge is -2.29. The largest absolute Gasteiger partial charge is 0.481 e. The van der Waals surface area contributed by atoms with Crippen molar-refractivity contribution in [3.05, 3.63) is 47.5 Å². The zero-order valence-electron chi connectivity index (χ0n) is 24.8. The predicted molar refractivity (Wildman–Crippen MR) is 158 cm³/mol. The second kappa shape index (κ2) is 20.0.